The molecule has 0 aliphatic carbocycles. The first kappa shape index (κ1) is 27.5. The Bertz CT molecular complexity index is 1350. The topological polar surface area (TPSA) is 100 Å². The zero-order valence-electron chi connectivity index (χ0n) is 20.9. The largest absolute Gasteiger partial charge is 0.490 e. The molecule has 0 saturated heterocycles. The number of hydrogen-bond donors (Lipinski definition) is 2. The monoisotopic (exact) mass is 561 g/mol. The van der Waals surface area contributed by atoms with Crippen LogP contribution in [-0.4, -0.2) is 25.0 Å². The van der Waals surface area contributed by atoms with Crippen LogP contribution in [0.2, 0.25) is 0 Å². The van der Waals surface area contributed by atoms with E-state index >= 15 is 0 Å². The third-order valence-electron chi connectivity index (χ3n) is 5.32. The molecule has 3 rings (SSSR count). The Morgan fingerprint density at radius 3 is 2.51 bits per heavy atom. The summed E-state index contributed by atoms with van der Waals surface area (Å²) in [5.41, 5.74) is 4.16. The highest BCUT2D eigenvalue weighted by molar-refractivity contribution is 9.10. The van der Waals surface area contributed by atoms with Gasteiger partial charge in [0.2, 0.25) is 0 Å². The highest BCUT2D eigenvalue weighted by atomic mass is 79.9. The summed E-state index contributed by atoms with van der Waals surface area (Å²) in [5.74, 6) is -0.0652. The maximum atomic E-state index is 12.6. The molecular weight excluding hydrogens is 534 g/mol. The average molecular weight is 562 g/mol. The van der Waals surface area contributed by atoms with Crippen molar-refractivity contribution >= 4 is 39.5 Å². The molecule has 37 heavy (non-hydrogen) atoms. The number of carbonyl (C=O) groups excluding carboxylic acids is 2. The fourth-order valence-electron chi connectivity index (χ4n) is 3.46. The summed E-state index contributed by atoms with van der Waals surface area (Å²) < 4.78 is 12.0. The number of nitrogens with one attached hydrogen (secondary N) is 2. The maximum Gasteiger partial charge on any atom is 0.262 e. The molecule has 0 fully saturated rings. The fraction of sp³-hybridized carbons (Fsp3) is 0.207. The number of amides is 2. The van der Waals surface area contributed by atoms with Crippen molar-refractivity contribution in [3.8, 4) is 17.6 Å². The molecule has 0 unspecified atom stereocenters. The molecule has 0 heterocycles. The van der Waals surface area contributed by atoms with Crippen LogP contribution in [0.3, 0.4) is 0 Å². The van der Waals surface area contributed by atoms with E-state index in [-0.39, 0.29) is 18.1 Å². The summed E-state index contributed by atoms with van der Waals surface area (Å²) in [5, 5.41) is 15.2. The molecule has 190 valence electrons. The number of hydrogen-bond acceptors (Lipinski definition) is 5. The van der Waals surface area contributed by atoms with Gasteiger partial charge in [0.1, 0.15) is 11.6 Å². The molecule has 0 aliphatic rings. The molecule has 8 heteroatoms. The second kappa shape index (κ2) is 13.3. The standard InChI is InChI=1S/C29H28BrN3O4/c1-4-36-26-15-22(13-23(16-31)29(35)32-17-21-8-6-5-7-9-21)14-24(30)28(26)37-18-27(34)33-25-12-19(2)10-11-20(25)3/h5-15H,4,17-18H2,1-3H3,(H,32,35)(H,33,34)/b23-13+. The minimum Gasteiger partial charge on any atom is -0.490 e. The first-order valence-electron chi connectivity index (χ1n) is 11.7. The summed E-state index contributed by atoms with van der Waals surface area (Å²) in [4.78, 5) is 25.1. The van der Waals surface area contributed by atoms with Gasteiger partial charge in [-0.3, -0.25) is 9.59 Å². The van der Waals surface area contributed by atoms with E-state index in [0.29, 0.717) is 34.7 Å². The number of ether oxygens (including phenoxy) is 2. The average Bonchev–Trinajstić information content (AvgIpc) is 2.88. The van der Waals surface area contributed by atoms with Gasteiger partial charge < -0.3 is 20.1 Å². The van der Waals surface area contributed by atoms with Crippen LogP contribution in [0.4, 0.5) is 5.69 Å². The van der Waals surface area contributed by atoms with Crippen molar-refractivity contribution in [2.24, 2.45) is 0 Å². The summed E-state index contributed by atoms with van der Waals surface area (Å²) >= 11 is 3.47. The van der Waals surface area contributed by atoms with E-state index in [4.69, 9.17) is 9.47 Å². The summed E-state index contributed by atoms with van der Waals surface area (Å²) in [6.45, 7) is 6.13. The van der Waals surface area contributed by atoms with E-state index in [0.717, 1.165) is 22.4 Å². The molecule has 0 aliphatic heterocycles. The smallest absolute Gasteiger partial charge is 0.262 e. The molecule has 0 atom stereocenters. The lowest BCUT2D eigenvalue weighted by Gasteiger charge is -2.15. The number of benzene rings is 3. The molecule has 3 aromatic rings. The number of halogens is 1. The van der Waals surface area contributed by atoms with Crippen LogP contribution in [0.15, 0.2) is 70.7 Å². The minimum atomic E-state index is -0.483. The maximum absolute atomic E-state index is 12.6. The van der Waals surface area contributed by atoms with Crippen LogP contribution in [0.25, 0.3) is 6.08 Å². The quantitative estimate of drug-likeness (QED) is 0.244. The van der Waals surface area contributed by atoms with Gasteiger partial charge in [0.05, 0.1) is 11.1 Å². The van der Waals surface area contributed by atoms with Crippen molar-refractivity contribution in [2.75, 3.05) is 18.5 Å². The van der Waals surface area contributed by atoms with Crippen LogP contribution < -0.4 is 20.1 Å². The highest BCUT2D eigenvalue weighted by Crippen LogP contribution is 2.37. The lowest BCUT2D eigenvalue weighted by atomic mass is 10.1. The van der Waals surface area contributed by atoms with Gasteiger partial charge in [-0.25, -0.2) is 0 Å². The van der Waals surface area contributed by atoms with E-state index in [2.05, 4.69) is 26.6 Å². The zero-order valence-corrected chi connectivity index (χ0v) is 22.5. The Balaban J connectivity index is 1.74. The third-order valence-corrected chi connectivity index (χ3v) is 5.91. The summed E-state index contributed by atoms with van der Waals surface area (Å²) in [7, 11) is 0. The first-order chi connectivity index (χ1) is 17.8. The van der Waals surface area contributed by atoms with Gasteiger partial charge in [-0.15, -0.1) is 0 Å². The fourth-order valence-corrected chi connectivity index (χ4v) is 4.03. The van der Waals surface area contributed by atoms with Gasteiger partial charge in [0.15, 0.2) is 18.1 Å². The number of carbonyl (C=O) groups is 2. The van der Waals surface area contributed by atoms with Crippen molar-refractivity contribution in [3.05, 3.63) is 93.0 Å². The Labute approximate surface area is 225 Å². The van der Waals surface area contributed by atoms with Crippen molar-refractivity contribution in [1.29, 1.82) is 5.26 Å². The van der Waals surface area contributed by atoms with E-state index in [1.807, 2.05) is 75.4 Å². The number of nitriles is 1. The normalized spacial score (nSPS) is 10.8. The number of nitrogens with zero attached hydrogens (tertiary/aromatic N) is 1. The summed E-state index contributed by atoms with van der Waals surface area (Å²) in [6.07, 6.45) is 1.48. The molecule has 2 amide bonds. The second-order valence-electron chi connectivity index (χ2n) is 8.26. The molecule has 3 aromatic carbocycles. The zero-order chi connectivity index (χ0) is 26.8. The highest BCUT2D eigenvalue weighted by Gasteiger charge is 2.16. The Hall–Kier alpha value is -4.09. The predicted molar refractivity (Wildman–Crippen MR) is 147 cm³/mol. The minimum absolute atomic E-state index is 0.0492. The molecule has 7 nitrogen and oxygen atoms in total. The number of anilines is 1. The lowest BCUT2D eigenvalue weighted by molar-refractivity contribution is -0.118. The molecule has 0 bridgehead atoms. The van der Waals surface area contributed by atoms with Gasteiger partial charge in [0, 0.05) is 12.2 Å². The molecule has 0 aromatic heterocycles. The van der Waals surface area contributed by atoms with Crippen molar-refractivity contribution < 1.29 is 19.1 Å². The van der Waals surface area contributed by atoms with Gasteiger partial charge in [-0.2, -0.15) is 5.26 Å². The van der Waals surface area contributed by atoms with Crippen molar-refractivity contribution in [1.82, 2.24) is 5.32 Å². The van der Waals surface area contributed by atoms with Gasteiger partial charge in [-0.05, 0) is 83.2 Å². The molecule has 0 spiro atoms. The molecule has 0 radical (unpaired) electrons. The SMILES string of the molecule is CCOc1cc(/C=C(\C#N)C(=O)NCc2ccccc2)cc(Br)c1OCC(=O)Nc1cc(C)ccc1C. The van der Waals surface area contributed by atoms with Crippen LogP contribution in [-0.2, 0) is 16.1 Å². The third kappa shape index (κ3) is 7.95. The molecule has 0 saturated carbocycles. The van der Waals surface area contributed by atoms with Gasteiger partial charge in [-0.1, -0.05) is 42.5 Å². The predicted octanol–water partition coefficient (Wildman–Crippen LogP) is 5.71. The van der Waals surface area contributed by atoms with Crippen LogP contribution in [0.5, 0.6) is 11.5 Å². The second-order valence-corrected chi connectivity index (χ2v) is 9.11. The van der Waals surface area contributed by atoms with Crippen LogP contribution in [0.1, 0.15) is 29.2 Å². The van der Waals surface area contributed by atoms with Gasteiger partial charge >= 0.3 is 0 Å². The summed E-state index contributed by atoms with van der Waals surface area (Å²) in [6, 6.07) is 20.6. The van der Waals surface area contributed by atoms with Crippen LogP contribution >= 0.6 is 15.9 Å². The number of aryl methyl sites for hydroxylation is 2. The van der Waals surface area contributed by atoms with E-state index in [1.165, 1.54) is 6.08 Å². The molecule has 2 N–H and O–H groups in total. The lowest BCUT2D eigenvalue weighted by Crippen LogP contribution is -2.23. The van der Waals surface area contributed by atoms with E-state index in [9.17, 15) is 14.9 Å². The van der Waals surface area contributed by atoms with Crippen molar-refractivity contribution in [2.45, 2.75) is 27.3 Å². The van der Waals surface area contributed by atoms with E-state index < -0.39 is 5.91 Å². The first-order valence-corrected chi connectivity index (χ1v) is 12.5. The van der Waals surface area contributed by atoms with E-state index in [1.54, 1.807) is 12.1 Å². The Morgan fingerprint density at radius 2 is 1.81 bits per heavy atom. The Kier molecular flexibility index (Phi) is 9.87. The molecular formula is C29H28BrN3O4. The van der Waals surface area contributed by atoms with Crippen molar-refractivity contribution in [3.63, 3.8) is 0 Å². The Morgan fingerprint density at radius 1 is 1.05 bits per heavy atom. The van der Waals surface area contributed by atoms with Crippen LogP contribution in [0, 0.1) is 25.2 Å². The van der Waals surface area contributed by atoms with Gasteiger partial charge in [0.25, 0.3) is 11.8 Å². The number of rotatable bonds is 10.